The monoisotopic (exact) mass is 558 g/mol. The van der Waals surface area contributed by atoms with Crippen molar-refractivity contribution in [1.82, 2.24) is 5.32 Å². The summed E-state index contributed by atoms with van der Waals surface area (Å²) >= 11 is 0. The van der Waals surface area contributed by atoms with Crippen molar-refractivity contribution in [3.8, 4) is 40.2 Å². The van der Waals surface area contributed by atoms with Crippen LogP contribution in [0, 0.1) is 25.2 Å². The fraction of sp³-hybridized carbons (Fsp3) is 0.394. The van der Waals surface area contributed by atoms with Crippen molar-refractivity contribution in [2.24, 2.45) is 0 Å². The number of hydrogen-bond donors (Lipinski definition) is 2. The summed E-state index contributed by atoms with van der Waals surface area (Å²) in [7, 11) is 0. The third kappa shape index (κ3) is 8.38. The van der Waals surface area contributed by atoms with Gasteiger partial charge in [-0.25, -0.2) is 0 Å². The Kier molecular flexibility index (Phi) is 10.9. The molecule has 0 unspecified atom stereocenters. The van der Waals surface area contributed by atoms with E-state index in [-0.39, 0.29) is 6.42 Å². The highest BCUT2D eigenvalue weighted by atomic mass is 16.6. The Hall–Kier alpha value is -4.22. The maximum atomic E-state index is 10.8. The summed E-state index contributed by atoms with van der Waals surface area (Å²) < 4.78 is 23.9. The number of carboxylic acid groups (broad SMARTS) is 1. The Morgan fingerprint density at radius 3 is 2.61 bits per heavy atom. The largest absolute Gasteiger partial charge is 0.493 e. The molecule has 2 N–H and O–H groups in total. The van der Waals surface area contributed by atoms with Gasteiger partial charge in [0.25, 0.3) is 0 Å². The first-order valence-electron chi connectivity index (χ1n) is 14.1. The maximum Gasteiger partial charge on any atom is 0.303 e. The highest BCUT2D eigenvalue weighted by Gasteiger charge is 2.15. The lowest BCUT2D eigenvalue weighted by Crippen LogP contribution is -2.17. The Morgan fingerprint density at radius 2 is 1.80 bits per heavy atom. The summed E-state index contributed by atoms with van der Waals surface area (Å²) in [6.45, 7) is 7.30. The number of aliphatic carboxylic acids is 1. The third-order valence-electron chi connectivity index (χ3n) is 7.04. The van der Waals surface area contributed by atoms with Crippen LogP contribution in [-0.2, 0) is 17.9 Å². The zero-order chi connectivity index (χ0) is 29.0. The number of unbranched alkanes of at least 4 members (excludes halogenated alkanes) is 2. The lowest BCUT2D eigenvalue weighted by Gasteiger charge is -2.20. The van der Waals surface area contributed by atoms with Gasteiger partial charge in [-0.05, 0) is 85.7 Å². The number of nitrogens with zero attached hydrogens (tertiary/aromatic N) is 1. The van der Waals surface area contributed by atoms with E-state index in [9.17, 15) is 4.79 Å². The van der Waals surface area contributed by atoms with E-state index < -0.39 is 5.97 Å². The first-order valence-corrected chi connectivity index (χ1v) is 14.1. The molecule has 8 nitrogen and oxygen atoms in total. The Bertz CT molecular complexity index is 1380. The molecule has 0 saturated heterocycles. The number of benzene rings is 3. The zero-order valence-corrected chi connectivity index (χ0v) is 23.8. The molecule has 41 heavy (non-hydrogen) atoms. The SMILES string of the molecule is Cc1cc(CNCCCC(=O)O)c(OCCCCC#N)cc1OCc1cccc(-c2ccc3c(c2)OCCO3)c1C. The van der Waals surface area contributed by atoms with Gasteiger partial charge in [0.15, 0.2) is 11.5 Å². The van der Waals surface area contributed by atoms with E-state index in [2.05, 4.69) is 42.6 Å². The van der Waals surface area contributed by atoms with Crippen molar-refractivity contribution in [2.75, 3.05) is 26.4 Å². The molecule has 0 fully saturated rings. The Morgan fingerprint density at radius 1 is 0.976 bits per heavy atom. The second-order valence-corrected chi connectivity index (χ2v) is 10.1. The highest BCUT2D eigenvalue weighted by Crippen LogP contribution is 2.36. The summed E-state index contributed by atoms with van der Waals surface area (Å²) in [5.41, 5.74) is 6.38. The van der Waals surface area contributed by atoms with Crippen LogP contribution in [0.4, 0.5) is 0 Å². The van der Waals surface area contributed by atoms with E-state index >= 15 is 0 Å². The zero-order valence-electron chi connectivity index (χ0n) is 23.8. The molecule has 1 heterocycles. The molecular weight excluding hydrogens is 520 g/mol. The van der Waals surface area contributed by atoms with Crippen LogP contribution in [0.2, 0.25) is 0 Å². The van der Waals surface area contributed by atoms with Crippen molar-refractivity contribution >= 4 is 5.97 Å². The Balaban J connectivity index is 1.47. The topological polar surface area (TPSA) is 110 Å². The van der Waals surface area contributed by atoms with Crippen LogP contribution >= 0.6 is 0 Å². The van der Waals surface area contributed by atoms with Crippen molar-refractivity contribution in [1.29, 1.82) is 5.26 Å². The van der Waals surface area contributed by atoms with Crippen LogP contribution in [0.1, 0.15) is 54.4 Å². The van der Waals surface area contributed by atoms with Crippen LogP contribution in [-0.4, -0.2) is 37.4 Å². The minimum absolute atomic E-state index is 0.135. The number of rotatable bonds is 15. The number of hydrogen-bond acceptors (Lipinski definition) is 7. The van der Waals surface area contributed by atoms with Gasteiger partial charge >= 0.3 is 5.97 Å². The van der Waals surface area contributed by atoms with E-state index in [0.717, 1.165) is 69.2 Å². The fourth-order valence-electron chi connectivity index (χ4n) is 4.75. The fourth-order valence-corrected chi connectivity index (χ4v) is 4.75. The van der Waals surface area contributed by atoms with Crippen LogP contribution in [0.5, 0.6) is 23.0 Å². The molecule has 3 aromatic rings. The second-order valence-electron chi connectivity index (χ2n) is 10.1. The summed E-state index contributed by atoms with van der Waals surface area (Å²) in [4.78, 5) is 10.8. The van der Waals surface area contributed by atoms with Gasteiger partial charge in [-0.3, -0.25) is 4.79 Å². The van der Waals surface area contributed by atoms with E-state index in [1.54, 1.807) is 0 Å². The summed E-state index contributed by atoms with van der Waals surface area (Å²) in [5.74, 6) is 2.22. The number of aryl methyl sites for hydroxylation is 1. The second kappa shape index (κ2) is 15.0. The predicted octanol–water partition coefficient (Wildman–Crippen LogP) is 6.35. The normalized spacial score (nSPS) is 12.0. The van der Waals surface area contributed by atoms with Crippen molar-refractivity contribution in [2.45, 2.75) is 59.1 Å². The standard InChI is InChI=1S/C33H38N2O6/c1-23-18-27(21-35-14-7-10-33(36)37)31(38-15-5-3-4-13-34)20-30(23)41-22-26-8-6-9-28(24(26)2)25-11-12-29-32(19-25)40-17-16-39-29/h6,8-9,11-12,18-20,35H,3-5,7,10,14-17,21-22H2,1-2H3,(H,36,37). The maximum absolute atomic E-state index is 10.8. The molecule has 4 rings (SSSR count). The number of carboxylic acids is 1. The van der Waals surface area contributed by atoms with E-state index in [1.165, 1.54) is 0 Å². The molecule has 0 saturated carbocycles. The molecule has 8 heteroatoms. The molecular formula is C33H38N2O6. The van der Waals surface area contributed by atoms with Gasteiger partial charge < -0.3 is 29.4 Å². The van der Waals surface area contributed by atoms with E-state index in [1.807, 2.05) is 31.2 Å². The molecule has 0 spiro atoms. The minimum Gasteiger partial charge on any atom is -0.493 e. The molecule has 0 atom stereocenters. The average Bonchev–Trinajstić information content (AvgIpc) is 2.97. The van der Waals surface area contributed by atoms with Gasteiger partial charge in [-0.15, -0.1) is 0 Å². The van der Waals surface area contributed by atoms with Gasteiger partial charge in [0.05, 0.1) is 12.7 Å². The molecule has 0 radical (unpaired) electrons. The van der Waals surface area contributed by atoms with E-state index in [4.69, 9.17) is 29.3 Å². The van der Waals surface area contributed by atoms with Crippen molar-refractivity contribution in [3.05, 3.63) is 70.8 Å². The number of fused-ring (bicyclic) bond motifs is 1. The number of nitriles is 1. The average molecular weight is 559 g/mol. The van der Waals surface area contributed by atoms with Crippen LogP contribution in [0.25, 0.3) is 11.1 Å². The molecule has 0 amide bonds. The van der Waals surface area contributed by atoms with Gasteiger partial charge in [-0.2, -0.15) is 5.26 Å². The molecule has 0 aromatic heterocycles. The molecule has 3 aromatic carbocycles. The summed E-state index contributed by atoms with van der Waals surface area (Å²) in [6, 6.07) is 18.4. The number of ether oxygens (including phenoxy) is 4. The molecule has 1 aliphatic heterocycles. The minimum atomic E-state index is -0.794. The van der Waals surface area contributed by atoms with Crippen molar-refractivity contribution < 1.29 is 28.8 Å². The highest BCUT2D eigenvalue weighted by molar-refractivity contribution is 5.71. The lowest BCUT2D eigenvalue weighted by molar-refractivity contribution is -0.137. The lowest BCUT2D eigenvalue weighted by atomic mass is 9.96. The van der Waals surface area contributed by atoms with Gasteiger partial charge in [-0.1, -0.05) is 24.3 Å². The number of nitrogens with one attached hydrogen (secondary N) is 1. The van der Waals surface area contributed by atoms with Crippen LogP contribution in [0.3, 0.4) is 0 Å². The number of carbonyl (C=O) groups is 1. The summed E-state index contributed by atoms with van der Waals surface area (Å²) in [6.07, 6.45) is 2.78. The van der Waals surface area contributed by atoms with Gasteiger partial charge in [0.1, 0.15) is 31.3 Å². The summed E-state index contributed by atoms with van der Waals surface area (Å²) in [5, 5.41) is 21.0. The Labute approximate surface area is 241 Å². The molecule has 216 valence electrons. The molecule has 0 bridgehead atoms. The van der Waals surface area contributed by atoms with Crippen molar-refractivity contribution in [3.63, 3.8) is 0 Å². The molecule has 1 aliphatic rings. The third-order valence-corrected chi connectivity index (χ3v) is 7.04. The van der Waals surface area contributed by atoms with E-state index in [0.29, 0.717) is 52.4 Å². The molecule has 0 aliphatic carbocycles. The van der Waals surface area contributed by atoms with Gasteiger partial charge in [0, 0.05) is 31.0 Å². The van der Waals surface area contributed by atoms with Gasteiger partial charge in [0.2, 0.25) is 0 Å². The quantitative estimate of drug-likeness (QED) is 0.208. The van der Waals surface area contributed by atoms with Crippen LogP contribution in [0.15, 0.2) is 48.5 Å². The first kappa shape index (κ1) is 29.8. The predicted molar refractivity (Wildman–Crippen MR) is 157 cm³/mol. The first-order chi connectivity index (χ1) is 20.0. The smallest absolute Gasteiger partial charge is 0.303 e. The van der Waals surface area contributed by atoms with Crippen LogP contribution < -0.4 is 24.3 Å².